The normalized spacial score (nSPS) is 13.6. The van der Waals surface area contributed by atoms with Gasteiger partial charge in [0, 0.05) is 0 Å². The lowest BCUT2D eigenvalue weighted by Crippen LogP contribution is -2.34. The number of ether oxygens (including phenoxy) is 1. The van der Waals surface area contributed by atoms with Gasteiger partial charge in [-0.3, -0.25) is 0 Å². The Balaban J connectivity index is 3.19. The number of alkyl halides is 4. The Labute approximate surface area is 129 Å². The second-order valence-electron chi connectivity index (χ2n) is 7.56. The maximum Gasteiger partial charge on any atom is 0.340 e. The average molecular weight is 320 g/mol. The van der Waals surface area contributed by atoms with Gasteiger partial charge in [0.15, 0.2) is 6.61 Å². The van der Waals surface area contributed by atoms with Crippen LogP contribution in [0.5, 0.6) is 5.75 Å². The van der Waals surface area contributed by atoms with Gasteiger partial charge in [-0.05, 0) is 28.0 Å². The molecular weight excluding hydrogens is 296 g/mol. The molecule has 0 spiro atoms. The lowest BCUT2D eigenvalue weighted by atomic mass is 9.81. The van der Waals surface area contributed by atoms with Crippen molar-refractivity contribution in [1.82, 2.24) is 0 Å². The third kappa shape index (κ3) is 4.62. The highest BCUT2D eigenvalue weighted by molar-refractivity contribution is 5.43. The van der Waals surface area contributed by atoms with Gasteiger partial charge in [-0.25, -0.2) is 8.78 Å². The summed E-state index contributed by atoms with van der Waals surface area (Å²) in [5.74, 6) is -3.92. The molecule has 1 aromatic rings. The van der Waals surface area contributed by atoms with E-state index in [4.69, 9.17) is 4.74 Å². The molecule has 0 aliphatic heterocycles. The summed E-state index contributed by atoms with van der Waals surface area (Å²) in [4.78, 5) is 0. The molecule has 0 aliphatic carbocycles. The van der Waals surface area contributed by atoms with Gasteiger partial charge in [0.1, 0.15) is 5.75 Å². The van der Waals surface area contributed by atoms with E-state index >= 15 is 0 Å². The second-order valence-corrected chi connectivity index (χ2v) is 7.56. The summed E-state index contributed by atoms with van der Waals surface area (Å²) in [6.45, 7) is 10.4. The Morgan fingerprint density at radius 1 is 0.955 bits per heavy atom. The summed E-state index contributed by atoms with van der Waals surface area (Å²) in [5, 5.41) is 0. The quantitative estimate of drug-likeness (QED) is 0.660. The maximum absolute atomic E-state index is 13.1. The molecule has 0 heterocycles. The van der Waals surface area contributed by atoms with Crippen LogP contribution < -0.4 is 4.74 Å². The zero-order valence-electron chi connectivity index (χ0n) is 13.9. The van der Waals surface area contributed by atoms with E-state index in [-0.39, 0.29) is 16.6 Å². The van der Waals surface area contributed by atoms with Crippen molar-refractivity contribution in [3.05, 3.63) is 29.3 Å². The zero-order chi connectivity index (χ0) is 17.3. The largest absolute Gasteiger partial charge is 0.487 e. The van der Waals surface area contributed by atoms with Gasteiger partial charge in [-0.1, -0.05) is 53.7 Å². The van der Waals surface area contributed by atoms with Crippen LogP contribution in [0.1, 0.15) is 52.7 Å². The summed E-state index contributed by atoms with van der Waals surface area (Å²) in [7, 11) is 0. The van der Waals surface area contributed by atoms with Crippen LogP contribution in [-0.4, -0.2) is 19.0 Å². The predicted octanol–water partition coefficient (Wildman–Crippen LogP) is 5.56. The molecule has 1 nitrogen and oxygen atoms in total. The molecule has 0 unspecified atom stereocenters. The van der Waals surface area contributed by atoms with Gasteiger partial charge in [0.25, 0.3) is 0 Å². The summed E-state index contributed by atoms with van der Waals surface area (Å²) in [6.07, 6.45) is -3.74. The van der Waals surface area contributed by atoms with E-state index in [1.165, 1.54) is 0 Å². The number of rotatable bonds is 4. The van der Waals surface area contributed by atoms with Crippen molar-refractivity contribution in [3.63, 3.8) is 0 Å². The molecule has 1 rings (SSSR count). The molecule has 0 amide bonds. The number of benzene rings is 1. The van der Waals surface area contributed by atoms with Crippen LogP contribution in [0.2, 0.25) is 0 Å². The first kappa shape index (κ1) is 18.8. The first-order valence-electron chi connectivity index (χ1n) is 7.19. The summed E-state index contributed by atoms with van der Waals surface area (Å²) >= 11 is 0. The van der Waals surface area contributed by atoms with Crippen molar-refractivity contribution < 1.29 is 22.3 Å². The third-order valence-electron chi connectivity index (χ3n) is 3.40. The van der Waals surface area contributed by atoms with Gasteiger partial charge < -0.3 is 4.74 Å². The Kier molecular flexibility index (Phi) is 5.20. The Morgan fingerprint density at radius 2 is 1.50 bits per heavy atom. The van der Waals surface area contributed by atoms with Crippen molar-refractivity contribution in [2.24, 2.45) is 0 Å². The highest BCUT2D eigenvalue weighted by Gasteiger charge is 2.42. The molecule has 0 aliphatic rings. The van der Waals surface area contributed by atoms with Gasteiger partial charge in [0.2, 0.25) is 0 Å². The maximum atomic E-state index is 13.1. The van der Waals surface area contributed by atoms with E-state index in [0.717, 1.165) is 5.56 Å². The van der Waals surface area contributed by atoms with Crippen molar-refractivity contribution in [1.29, 1.82) is 0 Å². The van der Waals surface area contributed by atoms with Gasteiger partial charge in [-0.15, -0.1) is 0 Å². The third-order valence-corrected chi connectivity index (χ3v) is 3.40. The van der Waals surface area contributed by atoms with E-state index in [9.17, 15) is 17.6 Å². The molecule has 0 saturated carbocycles. The Bertz CT molecular complexity index is 510. The average Bonchev–Trinajstić information content (AvgIpc) is 2.33. The van der Waals surface area contributed by atoms with E-state index in [1.807, 2.05) is 53.7 Å². The van der Waals surface area contributed by atoms with Crippen molar-refractivity contribution in [2.45, 2.75) is 64.7 Å². The minimum absolute atomic E-state index is 0.195. The van der Waals surface area contributed by atoms with Crippen LogP contribution >= 0.6 is 0 Å². The van der Waals surface area contributed by atoms with Gasteiger partial charge in [-0.2, -0.15) is 8.78 Å². The molecule has 0 fully saturated rings. The van der Waals surface area contributed by atoms with Crippen molar-refractivity contribution >= 4 is 0 Å². The van der Waals surface area contributed by atoms with Gasteiger partial charge in [0.05, 0.1) is 0 Å². The van der Waals surface area contributed by atoms with E-state index in [0.29, 0.717) is 5.56 Å². The lowest BCUT2D eigenvalue weighted by Gasteiger charge is -2.27. The smallest absolute Gasteiger partial charge is 0.340 e. The number of hydrogen-bond donors (Lipinski definition) is 0. The molecule has 0 aromatic heterocycles. The highest BCUT2D eigenvalue weighted by Crippen LogP contribution is 2.36. The fourth-order valence-corrected chi connectivity index (χ4v) is 1.96. The van der Waals surface area contributed by atoms with Crippen molar-refractivity contribution in [2.75, 3.05) is 6.61 Å². The fourth-order valence-electron chi connectivity index (χ4n) is 1.96. The molecule has 22 heavy (non-hydrogen) atoms. The highest BCUT2D eigenvalue weighted by atomic mass is 19.3. The number of hydrogen-bond acceptors (Lipinski definition) is 1. The SMILES string of the molecule is CC(C)(C)c1ccc(C(C)(C)C)c(OCC(F)(F)C(F)F)c1. The molecule has 0 N–H and O–H groups in total. The van der Waals surface area contributed by atoms with Crippen molar-refractivity contribution in [3.8, 4) is 5.75 Å². The molecule has 5 heteroatoms. The first-order valence-corrected chi connectivity index (χ1v) is 7.19. The molecular formula is C17H24F4O. The topological polar surface area (TPSA) is 9.23 Å². The second kappa shape index (κ2) is 6.09. The molecule has 0 radical (unpaired) electrons. The predicted molar refractivity (Wildman–Crippen MR) is 80.3 cm³/mol. The fraction of sp³-hybridized carbons (Fsp3) is 0.647. The van der Waals surface area contributed by atoms with Gasteiger partial charge >= 0.3 is 12.3 Å². The van der Waals surface area contributed by atoms with Crippen LogP contribution in [0, 0.1) is 0 Å². The molecule has 0 bridgehead atoms. The molecule has 1 aromatic carbocycles. The zero-order valence-corrected chi connectivity index (χ0v) is 13.9. The van der Waals surface area contributed by atoms with E-state index in [1.54, 1.807) is 6.07 Å². The standard InChI is InChI=1S/C17H24F4O/c1-15(2,3)11-7-8-12(16(4,5)6)13(9-11)22-10-17(20,21)14(18)19/h7-9,14H,10H2,1-6H3. The van der Waals surface area contributed by atoms with E-state index in [2.05, 4.69) is 0 Å². The van der Waals surface area contributed by atoms with Crippen LogP contribution in [0.25, 0.3) is 0 Å². The Hall–Kier alpha value is -1.26. The molecule has 126 valence electrons. The summed E-state index contributed by atoms with van der Waals surface area (Å²) in [5.41, 5.74) is 1.08. The van der Waals surface area contributed by atoms with Crippen LogP contribution in [-0.2, 0) is 10.8 Å². The molecule has 0 saturated heterocycles. The first-order chi connectivity index (χ1) is 9.75. The van der Waals surface area contributed by atoms with Crippen LogP contribution in [0.4, 0.5) is 17.6 Å². The lowest BCUT2D eigenvalue weighted by molar-refractivity contribution is -0.148. The van der Waals surface area contributed by atoms with Crippen LogP contribution in [0.15, 0.2) is 18.2 Å². The number of halogens is 4. The monoisotopic (exact) mass is 320 g/mol. The van der Waals surface area contributed by atoms with Crippen LogP contribution in [0.3, 0.4) is 0 Å². The van der Waals surface area contributed by atoms with E-state index < -0.39 is 19.0 Å². The summed E-state index contributed by atoms with van der Waals surface area (Å²) in [6, 6.07) is 5.40. The minimum Gasteiger partial charge on any atom is -0.487 e. The minimum atomic E-state index is -4.16. The Morgan fingerprint density at radius 3 is 1.91 bits per heavy atom. The summed E-state index contributed by atoms with van der Waals surface area (Å²) < 4.78 is 55.9. The molecule has 0 atom stereocenters.